The number of hydrogen-bond acceptors (Lipinski definition) is 2. The average Bonchev–Trinajstić information content (AvgIpc) is 2.22. The molecule has 0 saturated carbocycles. The molecule has 15 heavy (non-hydrogen) atoms. The van der Waals surface area contributed by atoms with E-state index in [4.69, 9.17) is 28.6 Å². The van der Waals surface area contributed by atoms with Crippen LogP contribution in [0.2, 0.25) is 5.02 Å². The number of hydrogen-bond donors (Lipinski definition) is 1. The highest BCUT2D eigenvalue weighted by molar-refractivity contribution is 7.80. The minimum atomic E-state index is 0.667. The van der Waals surface area contributed by atoms with Gasteiger partial charge >= 0.3 is 0 Å². The third-order valence-corrected chi connectivity index (χ3v) is 2.45. The summed E-state index contributed by atoms with van der Waals surface area (Å²) in [5.74, 6) is 0. The van der Waals surface area contributed by atoms with Crippen molar-refractivity contribution in [3.63, 3.8) is 0 Å². The van der Waals surface area contributed by atoms with Crippen molar-refractivity contribution in [1.82, 2.24) is 5.32 Å². The van der Waals surface area contributed by atoms with Crippen molar-refractivity contribution < 1.29 is 4.74 Å². The van der Waals surface area contributed by atoms with Gasteiger partial charge in [0.1, 0.15) is 0 Å². The van der Waals surface area contributed by atoms with E-state index >= 15 is 0 Å². The lowest BCUT2D eigenvalue weighted by Crippen LogP contribution is -2.26. The average molecular weight is 244 g/mol. The summed E-state index contributed by atoms with van der Waals surface area (Å²) in [6.45, 7) is 1.42. The molecule has 0 aliphatic heterocycles. The molecule has 0 heterocycles. The standard InChI is InChI=1S/C11H14ClNOS/c1-14-7-6-13-11(15)8-9-2-4-10(12)5-3-9/h2-5H,6-8H2,1H3,(H,13,15). The van der Waals surface area contributed by atoms with Crippen molar-refractivity contribution >= 4 is 28.8 Å². The summed E-state index contributed by atoms with van der Waals surface area (Å²) in [6.07, 6.45) is 0.746. The number of ether oxygens (including phenoxy) is 1. The number of rotatable bonds is 5. The zero-order valence-electron chi connectivity index (χ0n) is 8.63. The van der Waals surface area contributed by atoms with Crippen LogP contribution in [0.1, 0.15) is 5.56 Å². The molecular formula is C11H14ClNOS. The van der Waals surface area contributed by atoms with E-state index in [0.29, 0.717) is 6.61 Å². The van der Waals surface area contributed by atoms with Gasteiger partial charge in [0.25, 0.3) is 0 Å². The van der Waals surface area contributed by atoms with Crippen LogP contribution in [-0.4, -0.2) is 25.2 Å². The van der Waals surface area contributed by atoms with Crippen molar-refractivity contribution in [2.24, 2.45) is 0 Å². The minimum Gasteiger partial charge on any atom is -0.383 e. The molecule has 0 bridgehead atoms. The smallest absolute Gasteiger partial charge is 0.0798 e. The normalized spacial score (nSPS) is 10.0. The summed E-state index contributed by atoms with van der Waals surface area (Å²) in [6, 6.07) is 7.70. The third-order valence-electron chi connectivity index (χ3n) is 1.91. The predicted molar refractivity (Wildman–Crippen MR) is 67.6 cm³/mol. The van der Waals surface area contributed by atoms with Crippen molar-refractivity contribution in [2.45, 2.75) is 6.42 Å². The highest BCUT2D eigenvalue weighted by atomic mass is 35.5. The van der Waals surface area contributed by atoms with Gasteiger partial charge in [-0.15, -0.1) is 0 Å². The van der Waals surface area contributed by atoms with Gasteiger partial charge in [0.15, 0.2) is 0 Å². The number of thiocarbonyl (C=S) groups is 1. The molecule has 0 radical (unpaired) electrons. The van der Waals surface area contributed by atoms with Crippen LogP contribution in [0.4, 0.5) is 0 Å². The maximum Gasteiger partial charge on any atom is 0.0798 e. The first-order chi connectivity index (χ1) is 7.22. The zero-order valence-corrected chi connectivity index (χ0v) is 10.2. The molecule has 1 aromatic carbocycles. The Labute approximate surface area is 101 Å². The summed E-state index contributed by atoms with van der Waals surface area (Å²) in [5, 5.41) is 3.87. The van der Waals surface area contributed by atoms with Crippen LogP contribution in [-0.2, 0) is 11.2 Å². The quantitative estimate of drug-likeness (QED) is 0.634. The minimum absolute atomic E-state index is 0.667. The van der Waals surface area contributed by atoms with Crippen LogP contribution in [0.25, 0.3) is 0 Å². The van der Waals surface area contributed by atoms with E-state index < -0.39 is 0 Å². The Kier molecular flexibility index (Phi) is 5.61. The zero-order chi connectivity index (χ0) is 11.1. The summed E-state index contributed by atoms with van der Waals surface area (Å²) in [7, 11) is 1.67. The molecular weight excluding hydrogens is 230 g/mol. The van der Waals surface area contributed by atoms with Gasteiger partial charge in [-0.25, -0.2) is 0 Å². The monoisotopic (exact) mass is 243 g/mol. The fourth-order valence-corrected chi connectivity index (χ4v) is 1.54. The summed E-state index contributed by atoms with van der Waals surface area (Å²) in [4.78, 5) is 0.828. The molecule has 0 spiro atoms. The SMILES string of the molecule is COCCNC(=S)Cc1ccc(Cl)cc1. The molecule has 0 atom stereocenters. The maximum absolute atomic E-state index is 5.79. The van der Waals surface area contributed by atoms with E-state index in [-0.39, 0.29) is 0 Å². The number of benzene rings is 1. The molecule has 0 unspecified atom stereocenters. The molecule has 4 heteroatoms. The molecule has 0 aliphatic carbocycles. The third kappa shape index (κ3) is 5.11. The Balaban J connectivity index is 2.34. The van der Waals surface area contributed by atoms with Crippen LogP contribution < -0.4 is 5.32 Å². The highest BCUT2D eigenvalue weighted by Crippen LogP contribution is 2.09. The molecule has 82 valence electrons. The Morgan fingerprint density at radius 1 is 1.40 bits per heavy atom. The van der Waals surface area contributed by atoms with E-state index in [9.17, 15) is 0 Å². The summed E-state index contributed by atoms with van der Waals surface area (Å²) >= 11 is 11.0. The van der Waals surface area contributed by atoms with Crippen molar-refractivity contribution in [1.29, 1.82) is 0 Å². The van der Waals surface area contributed by atoms with Crippen molar-refractivity contribution in [3.8, 4) is 0 Å². The molecule has 1 rings (SSSR count). The Hall–Kier alpha value is -0.640. The lowest BCUT2D eigenvalue weighted by molar-refractivity contribution is 0.204. The topological polar surface area (TPSA) is 21.3 Å². The Morgan fingerprint density at radius 2 is 2.07 bits per heavy atom. The van der Waals surface area contributed by atoms with Gasteiger partial charge in [-0.05, 0) is 17.7 Å². The van der Waals surface area contributed by atoms with Gasteiger partial charge < -0.3 is 10.1 Å². The Bertz CT molecular complexity index is 313. The molecule has 0 fully saturated rings. The highest BCUT2D eigenvalue weighted by Gasteiger charge is 1.98. The van der Waals surface area contributed by atoms with Crippen LogP contribution in [0.15, 0.2) is 24.3 Å². The second kappa shape index (κ2) is 6.77. The predicted octanol–water partition coefficient (Wildman–Crippen LogP) is 2.45. The lowest BCUT2D eigenvalue weighted by atomic mass is 10.1. The van der Waals surface area contributed by atoms with Crippen molar-refractivity contribution in [3.05, 3.63) is 34.9 Å². The number of nitrogens with one attached hydrogen (secondary N) is 1. The van der Waals surface area contributed by atoms with Crippen LogP contribution in [0.3, 0.4) is 0 Å². The van der Waals surface area contributed by atoms with Gasteiger partial charge in [-0.1, -0.05) is 36.0 Å². The van der Waals surface area contributed by atoms with Crippen LogP contribution in [0.5, 0.6) is 0 Å². The van der Waals surface area contributed by atoms with E-state index in [1.807, 2.05) is 24.3 Å². The first kappa shape index (κ1) is 12.4. The van der Waals surface area contributed by atoms with E-state index in [1.165, 1.54) is 0 Å². The largest absolute Gasteiger partial charge is 0.383 e. The van der Waals surface area contributed by atoms with E-state index in [2.05, 4.69) is 5.32 Å². The molecule has 0 amide bonds. The van der Waals surface area contributed by atoms with Gasteiger partial charge in [0, 0.05) is 25.1 Å². The second-order valence-electron chi connectivity index (χ2n) is 3.15. The summed E-state index contributed by atoms with van der Waals surface area (Å²) in [5.41, 5.74) is 1.16. The first-order valence-corrected chi connectivity index (χ1v) is 5.51. The fourth-order valence-electron chi connectivity index (χ4n) is 1.14. The van der Waals surface area contributed by atoms with Crippen LogP contribution in [0, 0.1) is 0 Å². The molecule has 1 aromatic rings. The van der Waals surface area contributed by atoms with Crippen LogP contribution >= 0.6 is 23.8 Å². The molecule has 2 nitrogen and oxygen atoms in total. The lowest BCUT2D eigenvalue weighted by Gasteiger charge is -2.07. The summed E-state index contributed by atoms with van der Waals surface area (Å²) < 4.78 is 4.92. The van der Waals surface area contributed by atoms with Gasteiger partial charge in [-0.2, -0.15) is 0 Å². The Morgan fingerprint density at radius 3 is 2.67 bits per heavy atom. The maximum atomic E-state index is 5.79. The van der Waals surface area contributed by atoms with Gasteiger partial charge in [-0.3, -0.25) is 0 Å². The van der Waals surface area contributed by atoms with E-state index in [0.717, 1.165) is 28.5 Å². The van der Waals surface area contributed by atoms with Gasteiger partial charge in [0.05, 0.1) is 11.6 Å². The molecule has 1 N–H and O–H groups in total. The molecule has 0 aliphatic rings. The van der Waals surface area contributed by atoms with Crippen molar-refractivity contribution in [2.75, 3.05) is 20.3 Å². The number of methoxy groups -OCH3 is 1. The van der Waals surface area contributed by atoms with Gasteiger partial charge in [0.2, 0.25) is 0 Å². The first-order valence-electron chi connectivity index (χ1n) is 4.72. The fraction of sp³-hybridized carbons (Fsp3) is 0.364. The molecule has 0 aromatic heterocycles. The second-order valence-corrected chi connectivity index (χ2v) is 4.08. The molecule has 0 saturated heterocycles. The number of halogens is 1. The van der Waals surface area contributed by atoms with E-state index in [1.54, 1.807) is 7.11 Å².